The Hall–Kier alpha value is -1.88. The lowest BCUT2D eigenvalue weighted by atomic mass is 10.2. The van der Waals surface area contributed by atoms with Crippen LogP contribution in [0.1, 0.15) is 23.2 Å². The van der Waals surface area contributed by atoms with Crippen molar-refractivity contribution in [1.29, 1.82) is 0 Å². The van der Waals surface area contributed by atoms with Gasteiger partial charge in [0.2, 0.25) is 0 Å². The average molecular weight is 263 g/mol. The fourth-order valence-corrected chi connectivity index (χ4v) is 1.94. The van der Waals surface area contributed by atoms with Crippen molar-refractivity contribution >= 4 is 12.2 Å². The van der Waals surface area contributed by atoms with Gasteiger partial charge in [0.05, 0.1) is 11.7 Å². The maximum atomic E-state index is 11.6. The Morgan fingerprint density at radius 3 is 3.05 bits per heavy atom. The van der Waals surface area contributed by atoms with Crippen LogP contribution < -0.4 is 10.1 Å². The summed E-state index contributed by atoms with van der Waals surface area (Å²) < 4.78 is 10.7. The molecule has 5 nitrogen and oxygen atoms in total. The molecule has 1 aromatic carbocycles. The van der Waals surface area contributed by atoms with Crippen molar-refractivity contribution in [2.75, 3.05) is 19.8 Å². The number of para-hydroxylation sites is 1. The maximum Gasteiger partial charge on any atom is 0.258 e. The normalized spacial score (nSPS) is 18.0. The molecule has 1 heterocycles. The van der Waals surface area contributed by atoms with Crippen LogP contribution in [0.2, 0.25) is 0 Å². The first-order chi connectivity index (χ1) is 9.29. The second-order valence-corrected chi connectivity index (χ2v) is 4.38. The summed E-state index contributed by atoms with van der Waals surface area (Å²) in [6.45, 7) is 1.18. The van der Waals surface area contributed by atoms with Gasteiger partial charge in [-0.25, -0.2) is 0 Å². The van der Waals surface area contributed by atoms with E-state index in [9.17, 15) is 9.59 Å². The van der Waals surface area contributed by atoms with Gasteiger partial charge in [-0.05, 0) is 25.0 Å². The number of rotatable bonds is 6. The zero-order valence-corrected chi connectivity index (χ0v) is 10.6. The lowest BCUT2D eigenvalue weighted by molar-refractivity contribution is -0.123. The Morgan fingerprint density at radius 1 is 1.47 bits per heavy atom. The topological polar surface area (TPSA) is 64.6 Å². The van der Waals surface area contributed by atoms with E-state index in [1.54, 1.807) is 24.3 Å². The standard InChI is InChI=1S/C14H17NO4/c16-9-11-4-1-2-6-13(11)19-10-14(17)15-8-12-5-3-7-18-12/h1-2,4,6,9,12H,3,5,7-8,10H2,(H,15,17)/t12-/m1/s1. The SMILES string of the molecule is O=Cc1ccccc1OCC(=O)NC[C@H]1CCCO1. The summed E-state index contributed by atoms with van der Waals surface area (Å²) in [7, 11) is 0. The van der Waals surface area contributed by atoms with Crippen LogP contribution in [-0.4, -0.2) is 38.1 Å². The van der Waals surface area contributed by atoms with Gasteiger partial charge in [0, 0.05) is 13.2 Å². The van der Waals surface area contributed by atoms with Crippen LogP contribution in [-0.2, 0) is 9.53 Å². The smallest absolute Gasteiger partial charge is 0.258 e. The molecule has 1 amide bonds. The second-order valence-electron chi connectivity index (χ2n) is 4.38. The molecule has 1 aromatic rings. The Labute approximate surface area is 111 Å². The molecule has 0 saturated carbocycles. The first-order valence-electron chi connectivity index (χ1n) is 6.35. The van der Waals surface area contributed by atoms with Crippen molar-refractivity contribution in [3.8, 4) is 5.75 Å². The molecule has 1 aliphatic heterocycles. The highest BCUT2D eigenvalue weighted by Crippen LogP contribution is 2.15. The van der Waals surface area contributed by atoms with Gasteiger partial charge < -0.3 is 14.8 Å². The lowest BCUT2D eigenvalue weighted by Gasteiger charge is -2.12. The molecule has 5 heteroatoms. The maximum absolute atomic E-state index is 11.6. The Kier molecular flexibility index (Phi) is 4.92. The average Bonchev–Trinajstić information content (AvgIpc) is 2.96. The molecule has 1 atom stereocenters. The molecule has 0 unspecified atom stereocenters. The lowest BCUT2D eigenvalue weighted by Crippen LogP contribution is -2.35. The van der Waals surface area contributed by atoms with Crippen LogP contribution in [0.25, 0.3) is 0 Å². The van der Waals surface area contributed by atoms with E-state index < -0.39 is 0 Å². The van der Waals surface area contributed by atoms with E-state index in [1.807, 2.05) is 0 Å². The number of carbonyl (C=O) groups excluding carboxylic acids is 2. The monoisotopic (exact) mass is 263 g/mol. The first kappa shape index (κ1) is 13.5. The van der Waals surface area contributed by atoms with Gasteiger partial charge in [-0.3, -0.25) is 9.59 Å². The molecule has 1 fully saturated rings. The zero-order chi connectivity index (χ0) is 13.5. The van der Waals surface area contributed by atoms with Gasteiger partial charge in [0.1, 0.15) is 5.75 Å². The number of hydrogen-bond donors (Lipinski definition) is 1. The molecule has 0 bridgehead atoms. The van der Waals surface area contributed by atoms with Gasteiger partial charge in [0.25, 0.3) is 5.91 Å². The van der Waals surface area contributed by atoms with E-state index in [4.69, 9.17) is 9.47 Å². The molecule has 0 aliphatic carbocycles. The minimum absolute atomic E-state index is 0.0996. The van der Waals surface area contributed by atoms with E-state index in [1.165, 1.54) is 0 Å². The molecule has 1 aliphatic rings. The Morgan fingerprint density at radius 2 is 2.32 bits per heavy atom. The van der Waals surface area contributed by atoms with Gasteiger partial charge >= 0.3 is 0 Å². The van der Waals surface area contributed by atoms with E-state index in [0.717, 1.165) is 19.4 Å². The first-order valence-corrected chi connectivity index (χ1v) is 6.35. The van der Waals surface area contributed by atoms with Crippen molar-refractivity contribution in [2.45, 2.75) is 18.9 Å². The predicted octanol–water partition coefficient (Wildman–Crippen LogP) is 1.17. The van der Waals surface area contributed by atoms with Crippen LogP contribution >= 0.6 is 0 Å². The third-order valence-corrected chi connectivity index (χ3v) is 2.96. The summed E-state index contributed by atoms with van der Waals surface area (Å²) in [4.78, 5) is 22.4. The number of aldehydes is 1. The number of ether oxygens (including phenoxy) is 2. The molecule has 0 radical (unpaired) electrons. The molecule has 1 saturated heterocycles. The zero-order valence-electron chi connectivity index (χ0n) is 10.6. The number of hydrogen-bond acceptors (Lipinski definition) is 4. The molecule has 0 spiro atoms. The number of carbonyl (C=O) groups is 2. The Bertz CT molecular complexity index is 441. The fourth-order valence-electron chi connectivity index (χ4n) is 1.94. The molecule has 102 valence electrons. The summed E-state index contributed by atoms with van der Waals surface area (Å²) in [6.07, 6.45) is 2.85. The third kappa shape index (κ3) is 4.06. The molecule has 2 rings (SSSR count). The summed E-state index contributed by atoms with van der Waals surface area (Å²) >= 11 is 0. The highest BCUT2D eigenvalue weighted by atomic mass is 16.5. The van der Waals surface area contributed by atoms with E-state index >= 15 is 0 Å². The highest BCUT2D eigenvalue weighted by Gasteiger charge is 2.16. The van der Waals surface area contributed by atoms with Crippen LogP contribution in [0, 0.1) is 0 Å². The van der Waals surface area contributed by atoms with Gasteiger partial charge in [-0.1, -0.05) is 12.1 Å². The minimum atomic E-state index is -0.212. The van der Waals surface area contributed by atoms with Crippen molar-refractivity contribution < 1.29 is 19.1 Å². The molecule has 19 heavy (non-hydrogen) atoms. The van der Waals surface area contributed by atoms with Crippen molar-refractivity contribution in [2.24, 2.45) is 0 Å². The van der Waals surface area contributed by atoms with Crippen LogP contribution in [0.5, 0.6) is 5.75 Å². The van der Waals surface area contributed by atoms with Crippen LogP contribution in [0.4, 0.5) is 0 Å². The summed E-state index contributed by atoms with van der Waals surface area (Å²) in [5.41, 5.74) is 0.439. The predicted molar refractivity (Wildman–Crippen MR) is 69.3 cm³/mol. The van der Waals surface area contributed by atoms with E-state index in [0.29, 0.717) is 24.1 Å². The van der Waals surface area contributed by atoms with Crippen molar-refractivity contribution in [1.82, 2.24) is 5.32 Å². The quantitative estimate of drug-likeness (QED) is 0.783. The number of nitrogens with one attached hydrogen (secondary N) is 1. The summed E-state index contributed by atoms with van der Waals surface area (Å²) in [5, 5.41) is 2.76. The molecular weight excluding hydrogens is 246 g/mol. The number of amides is 1. The van der Waals surface area contributed by atoms with Crippen molar-refractivity contribution in [3.63, 3.8) is 0 Å². The van der Waals surface area contributed by atoms with Gasteiger partial charge in [-0.2, -0.15) is 0 Å². The van der Waals surface area contributed by atoms with Gasteiger partial charge in [0.15, 0.2) is 12.9 Å². The molecular formula is C14H17NO4. The third-order valence-electron chi connectivity index (χ3n) is 2.96. The van der Waals surface area contributed by atoms with Gasteiger partial charge in [-0.15, -0.1) is 0 Å². The van der Waals surface area contributed by atoms with Crippen LogP contribution in [0.15, 0.2) is 24.3 Å². The van der Waals surface area contributed by atoms with Crippen molar-refractivity contribution in [3.05, 3.63) is 29.8 Å². The van der Waals surface area contributed by atoms with Crippen LogP contribution in [0.3, 0.4) is 0 Å². The largest absolute Gasteiger partial charge is 0.483 e. The summed E-state index contributed by atoms with van der Waals surface area (Å²) in [5.74, 6) is 0.209. The van der Waals surface area contributed by atoms with E-state index in [-0.39, 0.29) is 18.6 Å². The van der Waals surface area contributed by atoms with E-state index in [2.05, 4.69) is 5.32 Å². The minimum Gasteiger partial charge on any atom is -0.483 e. The Balaban J connectivity index is 1.74. The molecule has 0 aromatic heterocycles. The summed E-state index contributed by atoms with van der Waals surface area (Å²) in [6, 6.07) is 6.81. The highest BCUT2D eigenvalue weighted by molar-refractivity contribution is 5.80. The number of benzene rings is 1. The second kappa shape index (κ2) is 6.89. The molecule has 1 N–H and O–H groups in total. The fraction of sp³-hybridized carbons (Fsp3) is 0.429.